The second-order valence-corrected chi connectivity index (χ2v) is 7.55. The number of rotatable bonds is 4. The van der Waals surface area contributed by atoms with Crippen molar-refractivity contribution in [3.63, 3.8) is 0 Å². The summed E-state index contributed by atoms with van der Waals surface area (Å²) in [6.45, 7) is 2.00. The first-order valence-corrected chi connectivity index (χ1v) is 9.95. The molecule has 0 saturated heterocycles. The van der Waals surface area contributed by atoms with Crippen molar-refractivity contribution in [3.05, 3.63) is 101 Å². The van der Waals surface area contributed by atoms with Crippen molar-refractivity contribution in [3.8, 4) is 0 Å². The van der Waals surface area contributed by atoms with Crippen LogP contribution in [-0.4, -0.2) is 28.2 Å². The number of carbonyl (C=O) groups excluding carboxylic acids is 2. The Balaban J connectivity index is 1.56. The minimum absolute atomic E-state index is 0.0218. The summed E-state index contributed by atoms with van der Waals surface area (Å²) in [4.78, 5) is 31.2. The molecule has 1 aliphatic heterocycles. The fraction of sp³-hybridized carbons (Fsp3) is 0.120. The maximum atomic E-state index is 13.3. The highest BCUT2D eigenvalue weighted by molar-refractivity contribution is 6.04. The van der Waals surface area contributed by atoms with Gasteiger partial charge in [0.2, 0.25) is 5.91 Å². The van der Waals surface area contributed by atoms with Crippen molar-refractivity contribution >= 4 is 28.4 Å². The fourth-order valence-corrected chi connectivity index (χ4v) is 4.37. The number of anilines is 1. The van der Waals surface area contributed by atoms with Gasteiger partial charge >= 0.3 is 0 Å². The van der Waals surface area contributed by atoms with Crippen LogP contribution in [0.25, 0.3) is 10.9 Å². The lowest BCUT2D eigenvalue weighted by Crippen LogP contribution is -2.36. The Morgan fingerprint density at radius 2 is 1.67 bits per heavy atom. The summed E-state index contributed by atoms with van der Waals surface area (Å²) in [6.07, 6.45) is 0. The van der Waals surface area contributed by atoms with Crippen LogP contribution in [0.1, 0.15) is 33.2 Å². The van der Waals surface area contributed by atoms with E-state index in [1.54, 1.807) is 4.90 Å². The van der Waals surface area contributed by atoms with E-state index in [9.17, 15) is 9.59 Å². The number of carbonyl (C=O) groups is 2. The van der Waals surface area contributed by atoms with Gasteiger partial charge in [-0.05, 0) is 36.8 Å². The van der Waals surface area contributed by atoms with E-state index in [1.807, 2.05) is 79.7 Å². The molecule has 148 valence electrons. The predicted octanol–water partition coefficient (Wildman–Crippen LogP) is 4.66. The minimum atomic E-state index is -0.314. The molecule has 0 bridgehead atoms. The van der Waals surface area contributed by atoms with E-state index in [4.69, 9.17) is 0 Å². The number of aromatic amines is 1. The monoisotopic (exact) mass is 395 g/mol. The zero-order valence-electron chi connectivity index (χ0n) is 16.6. The summed E-state index contributed by atoms with van der Waals surface area (Å²) in [5.74, 6) is -0.339. The average molecular weight is 395 g/mol. The van der Waals surface area contributed by atoms with Crippen LogP contribution in [0.5, 0.6) is 0 Å². The summed E-state index contributed by atoms with van der Waals surface area (Å²) in [6, 6.07) is 24.7. The maximum Gasteiger partial charge on any atom is 0.255 e. The first kappa shape index (κ1) is 18.2. The molecule has 0 spiro atoms. The normalized spacial score (nSPS) is 15.4. The third-order valence-corrected chi connectivity index (χ3v) is 5.65. The van der Waals surface area contributed by atoms with E-state index >= 15 is 0 Å². The number of H-pyrrole nitrogens is 1. The van der Waals surface area contributed by atoms with Crippen molar-refractivity contribution in [2.24, 2.45) is 0 Å². The molecule has 2 heterocycles. The molecule has 0 aliphatic carbocycles. The van der Waals surface area contributed by atoms with Crippen molar-refractivity contribution in [1.29, 1.82) is 0 Å². The van der Waals surface area contributed by atoms with E-state index in [1.165, 1.54) is 0 Å². The van der Waals surface area contributed by atoms with Gasteiger partial charge in [-0.3, -0.25) is 9.59 Å². The second-order valence-electron chi connectivity index (χ2n) is 7.55. The molecule has 2 amide bonds. The van der Waals surface area contributed by atoms with Crippen molar-refractivity contribution in [2.45, 2.75) is 13.0 Å². The molecule has 5 rings (SSSR count). The quantitative estimate of drug-likeness (QED) is 0.528. The second kappa shape index (κ2) is 7.19. The largest absolute Gasteiger partial charge is 0.358 e. The average Bonchev–Trinajstić information content (AvgIpc) is 3.22. The standard InChI is InChI=1S/C25H21N3O2/c1-16-23(20-13-7-8-14-21(20)26-16)24-18-11-5-6-12-19(18)25(30)28(24)15-22(29)27-17-9-3-2-4-10-17/h2-14,24,26H,15H2,1H3,(H,27,29). The molecule has 1 unspecified atom stereocenters. The van der Waals surface area contributed by atoms with Gasteiger partial charge in [0.25, 0.3) is 5.91 Å². The van der Waals surface area contributed by atoms with Crippen LogP contribution in [0.15, 0.2) is 78.9 Å². The first-order chi connectivity index (χ1) is 14.6. The van der Waals surface area contributed by atoms with Crippen LogP contribution in [0.3, 0.4) is 0 Å². The Hall–Kier alpha value is -3.86. The van der Waals surface area contributed by atoms with Crippen LogP contribution >= 0.6 is 0 Å². The molecule has 5 nitrogen and oxygen atoms in total. The number of para-hydroxylation sites is 2. The molecule has 0 radical (unpaired) electrons. The highest BCUT2D eigenvalue weighted by Gasteiger charge is 2.40. The molecular formula is C25H21N3O2. The topological polar surface area (TPSA) is 65.2 Å². The van der Waals surface area contributed by atoms with Gasteiger partial charge in [-0.1, -0.05) is 54.6 Å². The SMILES string of the molecule is Cc1[nH]c2ccccc2c1C1c2ccccc2C(=O)N1CC(=O)Nc1ccccc1. The maximum absolute atomic E-state index is 13.3. The lowest BCUT2D eigenvalue weighted by atomic mass is 9.95. The van der Waals surface area contributed by atoms with Crippen LogP contribution in [0.4, 0.5) is 5.69 Å². The number of fused-ring (bicyclic) bond motifs is 2. The number of nitrogens with one attached hydrogen (secondary N) is 2. The molecule has 0 fully saturated rings. The summed E-state index contributed by atoms with van der Waals surface area (Å²) in [7, 11) is 0. The molecule has 1 aromatic heterocycles. The first-order valence-electron chi connectivity index (χ1n) is 9.95. The Bertz CT molecular complexity index is 1260. The molecule has 30 heavy (non-hydrogen) atoms. The van der Waals surface area contributed by atoms with Gasteiger partial charge < -0.3 is 15.2 Å². The molecule has 1 aliphatic rings. The highest BCUT2D eigenvalue weighted by atomic mass is 16.2. The molecule has 2 N–H and O–H groups in total. The van der Waals surface area contributed by atoms with Crippen molar-refractivity contribution < 1.29 is 9.59 Å². The van der Waals surface area contributed by atoms with Gasteiger partial charge in [0.05, 0.1) is 6.04 Å². The van der Waals surface area contributed by atoms with Gasteiger partial charge in [0, 0.05) is 33.4 Å². The number of nitrogens with zero attached hydrogens (tertiary/aromatic N) is 1. The predicted molar refractivity (Wildman–Crippen MR) is 117 cm³/mol. The van der Waals surface area contributed by atoms with Crippen LogP contribution in [0.2, 0.25) is 0 Å². The van der Waals surface area contributed by atoms with E-state index in [-0.39, 0.29) is 24.4 Å². The van der Waals surface area contributed by atoms with Crippen LogP contribution in [-0.2, 0) is 4.79 Å². The summed E-state index contributed by atoms with van der Waals surface area (Å²) >= 11 is 0. The lowest BCUT2D eigenvalue weighted by Gasteiger charge is -2.25. The van der Waals surface area contributed by atoms with E-state index < -0.39 is 0 Å². The smallest absolute Gasteiger partial charge is 0.255 e. The van der Waals surface area contributed by atoms with Crippen LogP contribution in [0, 0.1) is 6.92 Å². The molecular weight excluding hydrogens is 374 g/mol. The number of aromatic nitrogens is 1. The lowest BCUT2D eigenvalue weighted by molar-refractivity contribution is -0.117. The number of amides is 2. The van der Waals surface area contributed by atoms with Gasteiger partial charge in [-0.2, -0.15) is 0 Å². The zero-order chi connectivity index (χ0) is 20.7. The molecule has 5 heteroatoms. The third-order valence-electron chi connectivity index (χ3n) is 5.65. The Morgan fingerprint density at radius 3 is 2.50 bits per heavy atom. The summed E-state index contributed by atoms with van der Waals surface area (Å²) in [5.41, 5.74) is 5.36. The zero-order valence-corrected chi connectivity index (χ0v) is 16.6. The van der Waals surface area contributed by atoms with E-state index in [0.29, 0.717) is 11.3 Å². The van der Waals surface area contributed by atoms with Gasteiger partial charge in [-0.15, -0.1) is 0 Å². The van der Waals surface area contributed by atoms with Gasteiger partial charge in [0.15, 0.2) is 0 Å². The number of hydrogen-bond donors (Lipinski definition) is 2. The van der Waals surface area contributed by atoms with Crippen molar-refractivity contribution in [1.82, 2.24) is 9.88 Å². The molecule has 1 atom stereocenters. The summed E-state index contributed by atoms with van der Waals surface area (Å²) < 4.78 is 0. The number of benzene rings is 3. The fourth-order valence-electron chi connectivity index (χ4n) is 4.37. The summed E-state index contributed by atoms with van der Waals surface area (Å²) in [5, 5.41) is 3.96. The third kappa shape index (κ3) is 2.95. The highest BCUT2D eigenvalue weighted by Crippen LogP contribution is 2.42. The Kier molecular flexibility index (Phi) is 4.36. The Labute approximate surface area is 174 Å². The van der Waals surface area contributed by atoms with Gasteiger partial charge in [-0.25, -0.2) is 0 Å². The molecule has 3 aromatic carbocycles. The molecule has 0 saturated carbocycles. The number of aryl methyl sites for hydroxylation is 1. The number of hydrogen-bond acceptors (Lipinski definition) is 2. The van der Waals surface area contributed by atoms with E-state index in [0.717, 1.165) is 27.7 Å². The van der Waals surface area contributed by atoms with Gasteiger partial charge in [0.1, 0.15) is 6.54 Å². The van der Waals surface area contributed by atoms with E-state index in [2.05, 4.69) is 16.4 Å². The minimum Gasteiger partial charge on any atom is -0.358 e. The van der Waals surface area contributed by atoms with Crippen LogP contribution < -0.4 is 5.32 Å². The van der Waals surface area contributed by atoms with Crippen molar-refractivity contribution in [2.75, 3.05) is 11.9 Å². The molecule has 4 aromatic rings. The Morgan fingerprint density at radius 1 is 0.967 bits per heavy atom.